The maximum atomic E-state index is 5.49. The molecule has 1 saturated heterocycles. The first-order chi connectivity index (χ1) is 13.2. The lowest BCUT2D eigenvalue weighted by atomic mass is 10.2. The molecule has 1 N–H and O–H groups in total. The van der Waals surface area contributed by atoms with Crippen LogP contribution in [0.25, 0.3) is 0 Å². The van der Waals surface area contributed by atoms with Gasteiger partial charge in [0.1, 0.15) is 6.26 Å². The average molecular weight is 564 g/mol. The van der Waals surface area contributed by atoms with Crippen molar-refractivity contribution >= 4 is 45.9 Å². The van der Waals surface area contributed by atoms with Crippen LogP contribution in [0.15, 0.2) is 38.5 Å². The van der Waals surface area contributed by atoms with E-state index in [2.05, 4.69) is 41.2 Å². The Balaban J connectivity index is 0.00000225. The summed E-state index contributed by atoms with van der Waals surface area (Å²) in [4.78, 5) is 9.09. The highest BCUT2D eigenvalue weighted by Gasteiger charge is 2.21. The lowest BCUT2D eigenvalue weighted by Crippen LogP contribution is -2.52. The van der Waals surface area contributed by atoms with Crippen molar-refractivity contribution < 1.29 is 14.0 Å². The summed E-state index contributed by atoms with van der Waals surface area (Å²) >= 11 is 3.54. The van der Waals surface area contributed by atoms with Crippen LogP contribution in [0.5, 0.6) is 11.5 Å². The van der Waals surface area contributed by atoms with Crippen molar-refractivity contribution in [3.8, 4) is 11.5 Å². The van der Waals surface area contributed by atoms with Crippen molar-refractivity contribution in [2.45, 2.75) is 13.1 Å². The van der Waals surface area contributed by atoms with Crippen LogP contribution in [0, 0.1) is 0 Å². The van der Waals surface area contributed by atoms with Crippen LogP contribution in [-0.4, -0.2) is 60.9 Å². The van der Waals surface area contributed by atoms with Crippen molar-refractivity contribution in [1.82, 2.24) is 20.3 Å². The molecular formula is C18H23BrIN5O3. The molecule has 0 unspecified atom stereocenters. The molecule has 8 nitrogen and oxygen atoms in total. The van der Waals surface area contributed by atoms with Gasteiger partial charge in [0.2, 0.25) is 6.79 Å². The molecule has 0 amide bonds. The summed E-state index contributed by atoms with van der Waals surface area (Å²) in [5.74, 6) is 2.45. The average Bonchev–Trinajstić information content (AvgIpc) is 3.35. The second kappa shape index (κ2) is 9.79. The lowest BCUT2D eigenvalue weighted by Gasteiger charge is -2.36. The fourth-order valence-corrected chi connectivity index (χ4v) is 3.91. The summed E-state index contributed by atoms with van der Waals surface area (Å²) in [6.45, 7) is 5.52. The predicted octanol–water partition coefficient (Wildman–Crippen LogP) is 2.68. The van der Waals surface area contributed by atoms with E-state index >= 15 is 0 Å². The highest BCUT2D eigenvalue weighted by molar-refractivity contribution is 14.0. The van der Waals surface area contributed by atoms with Crippen LogP contribution < -0.4 is 14.8 Å². The van der Waals surface area contributed by atoms with Gasteiger partial charge in [0, 0.05) is 52.4 Å². The maximum Gasteiger partial charge on any atom is 0.231 e. The number of benzene rings is 1. The van der Waals surface area contributed by atoms with Gasteiger partial charge in [0.05, 0.1) is 10.2 Å². The molecule has 2 aromatic rings. The second-order valence-corrected chi connectivity index (χ2v) is 7.32. The van der Waals surface area contributed by atoms with E-state index in [1.807, 2.05) is 25.2 Å². The van der Waals surface area contributed by atoms with Crippen molar-refractivity contribution in [1.29, 1.82) is 0 Å². The van der Waals surface area contributed by atoms with Gasteiger partial charge in [-0.1, -0.05) is 5.16 Å². The molecule has 0 aliphatic carbocycles. The molecule has 0 bridgehead atoms. The number of halogens is 2. The molecule has 4 rings (SSSR count). The zero-order chi connectivity index (χ0) is 18.6. The molecule has 0 spiro atoms. The Hall–Kier alpha value is -1.53. The number of guanidine groups is 1. The van der Waals surface area contributed by atoms with Crippen LogP contribution in [0.2, 0.25) is 0 Å². The highest BCUT2D eigenvalue weighted by atomic mass is 127. The Morgan fingerprint density at radius 2 is 2.07 bits per heavy atom. The molecule has 3 heterocycles. The summed E-state index contributed by atoms with van der Waals surface area (Å²) in [5.41, 5.74) is 2.08. The largest absolute Gasteiger partial charge is 0.454 e. The summed E-state index contributed by atoms with van der Waals surface area (Å²) in [6.07, 6.45) is 1.62. The number of nitrogens with zero attached hydrogens (tertiary/aromatic N) is 4. The van der Waals surface area contributed by atoms with E-state index in [4.69, 9.17) is 14.0 Å². The smallest absolute Gasteiger partial charge is 0.231 e. The Morgan fingerprint density at radius 1 is 1.25 bits per heavy atom. The standard InChI is InChI=1S/C18H22BrN5O3.HI/c1-20-18(21-10-13-8-15(19)17-16(9-13)25-12-26-17)24-5-3-23(4-6-24)11-14-2-7-27-22-14;/h2,7-9H,3-6,10-12H2,1H3,(H,20,21);1H. The first kappa shape index (κ1) is 21.2. The summed E-state index contributed by atoms with van der Waals surface area (Å²) in [6, 6.07) is 5.96. The van der Waals surface area contributed by atoms with E-state index in [9.17, 15) is 0 Å². The van der Waals surface area contributed by atoms with E-state index in [1.54, 1.807) is 6.26 Å². The summed E-state index contributed by atoms with van der Waals surface area (Å²) in [5, 5.41) is 7.43. The number of aliphatic imine (C=N–C) groups is 1. The third-order valence-electron chi connectivity index (χ3n) is 4.70. The van der Waals surface area contributed by atoms with Crippen molar-refractivity contribution in [3.05, 3.63) is 40.2 Å². The van der Waals surface area contributed by atoms with Gasteiger partial charge in [-0.05, 0) is 33.6 Å². The third-order valence-corrected chi connectivity index (χ3v) is 5.29. The quantitative estimate of drug-likeness (QED) is 0.348. The fourth-order valence-electron chi connectivity index (χ4n) is 3.30. The normalized spacial score (nSPS) is 16.8. The molecule has 0 atom stereocenters. The fraction of sp³-hybridized carbons (Fsp3) is 0.444. The zero-order valence-electron chi connectivity index (χ0n) is 15.6. The summed E-state index contributed by atoms with van der Waals surface area (Å²) in [7, 11) is 1.82. The number of piperazine rings is 1. The van der Waals surface area contributed by atoms with Crippen LogP contribution in [0.3, 0.4) is 0 Å². The molecule has 1 fully saturated rings. The summed E-state index contributed by atoms with van der Waals surface area (Å²) < 4.78 is 16.7. The number of fused-ring (bicyclic) bond motifs is 1. The minimum absolute atomic E-state index is 0. The van der Waals surface area contributed by atoms with Crippen molar-refractivity contribution in [3.63, 3.8) is 0 Å². The first-order valence-electron chi connectivity index (χ1n) is 8.88. The number of aromatic nitrogens is 1. The van der Waals surface area contributed by atoms with Crippen molar-refractivity contribution in [2.24, 2.45) is 4.99 Å². The van der Waals surface area contributed by atoms with Gasteiger partial charge < -0.3 is 24.2 Å². The van der Waals surface area contributed by atoms with Crippen LogP contribution in [-0.2, 0) is 13.1 Å². The highest BCUT2D eigenvalue weighted by Crippen LogP contribution is 2.39. The molecular weight excluding hydrogens is 541 g/mol. The predicted molar refractivity (Wildman–Crippen MR) is 119 cm³/mol. The molecule has 1 aromatic carbocycles. The maximum absolute atomic E-state index is 5.49. The molecule has 28 heavy (non-hydrogen) atoms. The van der Waals surface area contributed by atoms with Gasteiger partial charge in [-0.25, -0.2) is 0 Å². The van der Waals surface area contributed by atoms with E-state index in [1.165, 1.54) is 0 Å². The number of hydrogen-bond acceptors (Lipinski definition) is 6. The van der Waals surface area contributed by atoms with E-state index in [0.29, 0.717) is 6.54 Å². The Kier molecular flexibility index (Phi) is 7.41. The topological polar surface area (TPSA) is 75.4 Å². The Bertz CT molecular complexity index is 810. The van der Waals surface area contributed by atoms with Gasteiger partial charge in [-0.2, -0.15) is 0 Å². The van der Waals surface area contributed by atoms with Gasteiger partial charge in [-0.15, -0.1) is 24.0 Å². The molecule has 2 aliphatic rings. The molecule has 0 radical (unpaired) electrons. The minimum Gasteiger partial charge on any atom is -0.454 e. The molecule has 2 aliphatic heterocycles. The number of hydrogen-bond donors (Lipinski definition) is 1. The molecule has 1 aromatic heterocycles. The first-order valence-corrected chi connectivity index (χ1v) is 9.67. The molecule has 0 saturated carbocycles. The SMILES string of the molecule is CN=C(NCc1cc(Br)c2c(c1)OCO2)N1CCN(Cc2ccon2)CC1.I. The number of nitrogens with one attached hydrogen (secondary N) is 1. The number of rotatable bonds is 4. The van der Waals surface area contributed by atoms with E-state index in [-0.39, 0.29) is 30.8 Å². The van der Waals surface area contributed by atoms with Gasteiger partial charge in [0.25, 0.3) is 0 Å². The monoisotopic (exact) mass is 563 g/mol. The van der Waals surface area contributed by atoms with E-state index in [0.717, 1.165) is 65.9 Å². The third kappa shape index (κ3) is 4.90. The van der Waals surface area contributed by atoms with Crippen LogP contribution in [0.1, 0.15) is 11.3 Å². The molecule has 152 valence electrons. The Morgan fingerprint density at radius 3 is 2.79 bits per heavy atom. The van der Waals surface area contributed by atoms with Gasteiger partial charge >= 0.3 is 0 Å². The van der Waals surface area contributed by atoms with Gasteiger partial charge in [0.15, 0.2) is 17.5 Å². The van der Waals surface area contributed by atoms with E-state index < -0.39 is 0 Å². The van der Waals surface area contributed by atoms with Gasteiger partial charge in [-0.3, -0.25) is 9.89 Å². The Labute approximate surface area is 189 Å². The van der Waals surface area contributed by atoms with Crippen molar-refractivity contribution in [2.75, 3.05) is 40.0 Å². The minimum atomic E-state index is 0. The second-order valence-electron chi connectivity index (χ2n) is 6.47. The van der Waals surface area contributed by atoms with Crippen LogP contribution >= 0.6 is 39.9 Å². The lowest BCUT2D eigenvalue weighted by molar-refractivity contribution is 0.169. The number of ether oxygens (including phenoxy) is 2. The van der Waals surface area contributed by atoms with Crippen LogP contribution in [0.4, 0.5) is 0 Å². The zero-order valence-corrected chi connectivity index (χ0v) is 19.5. The molecule has 10 heteroatoms.